The van der Waals surface area contributed by atoms with Gasteiger partial charge in [-0.1, -0.05) is 29.6 Å². The number of hydrogen-bond donors (Lipinski definition) is 0. The van der Waals surface area contributed by atoms with Gasteiger partial charge < -0.3 is 0 Å². The Morgan fingerprint density at radius 1 is 1.03 bits per heavy atom. The van der Waals surface area contributed by atoms with Gasteiger partial charge in [0.05, 0.1) is 22.7 Å². The Morgan fingerprint density at radius 3 is 2.42 bits per heavy atom. The molecule has 1 aliphatic heterocycles. The first-order valence-corrected chi connectivity index (χ1v) is 13.8. The second-order valence-corrected chi connectivity index (χ2v) is 12.2. The molecule has 0 aliphatic carbocycles. The van der Waals surface area contributed by atoms with Crippen LogP contribution in [0.15, 0.2) is 41.8 Å². The summed E-state index contributed by atoms with van der Waals surface area (Å²) in [6.45, 7) is 6.38. The third-order valence-electron chi connectivity index (χ3n) is 6.04. The van der Waals surface area contributed by atoms with E-state index in [4.69, 9.17) is 23.2 Å². The van der Waals surface area contributed by atoms with E-state index in [1.165, 1.54) is 29.8 Å². The molecule has 0 N–H and O–H groups in total. The standard InChI is InChI=1S/C23H26Cl2N2O2S2/c1-23(2,26-8-5-4-6-9-26)17-12-18(24)14-19(13-17)27(31(3,28)29)21-11-16-7-10-30-22(16)15-20(21)25/h7,10-15H,4-6,8-9H2,1-3H3. The van der Waals surface area contributed by atoms with Crippen molar-refractivity contribution < 1.29 is 8.42 Å². The Labute approximate surface area is 198 Å². The summed E-state index contributed by atoms with van der Waals surface area (Å²) < 4.78 is 28.2. The van der Waals surface area contributed by atoms with Crippen molar-refractivity contribution in [2.75, 3.05) is 23.7 Å². The quantitative estimate of drug-likeness (QED) is 0.380. The summed E-state index contributed by atoms with van der Waals surface area (Å²) in [7, 11) is -3.67. The molecular weight excluding hydrogens is 471 g/mol. The highest BCUT2D eigenvalue weighted by molar-refractivity contribution is 7.92. The topological polar surface area (TPSA) is 40.6 Å². The Kier molecular flexibility index (Phi) is 6.32. The van der Waals surface area contributed by atoms with Crippen LogP contribution in [0.1, 0.15) is 38.7 Å². The van der Waals surface area contributed by atoms with E-state index in [1.807, 2.05) is 35.7 Å². The summed E-state index contributed by atoms with van der Waals surface area (Å²) in [5.41, 5.74) is 1.63. The number of nitrogens with zero attached hydrogens (tertiary/aromatic N) is 2. The van der Waals surface area contributed by atoms with Crippen LogP contribution in [0.5, 0.6) is 0 Å². The van der Waals surface area contributed by atoms with Gasteiger partial charge in [0.15, 0.2) is 0 Å². The average molecular weight is 498 g/mol. The van der Waals surface area contributed by atoms with E-state index in [2.05, 4.69) is 18.7 Å². The van der Waals surface area contributed by atoms with Crippen LogP contribution >= 0.6 is 34.5 Å². The molecule has 0 radical (unpaired) electrons. The van der Waals surface area contributed by atoms with Gasteiger partial charge in [0, 0.05) is 15.3 Å². The molecule has 0 amide bonds. The van der Waals surface area contributed by atoms with E-state index >= 15 is 0 Å². The molecule has 1 fully saturated rings. The van der Waals surface area contributed by atoms with Gasteiger partial charge in [0.2, 0.25) is 10.0 Å². The van der Waals surface area contributed by atoms with Gasteiger partial charge in [0.25, 0.3) is 0 Å². The molecule has 1 saturated heterocycles. The summed E-state index contributed by atoms with van der Waals surface area (Å²) in [4.78, 5) is 2.45. The minimum Gasteiger partial charge on any atom is -0.294 e. The number of rotatable bonds is 5. The van der Waals surface area contributed by atoms with E-state index in [-0.39, 0.29) is 5.54 Å². The van der Waals surface area contributed by atoms with Crippen LogP contribution in [0, 0.1) is 0 Å². The smallest absolute Gasteiger partial charge is 0.236 e. The summed E-state index contributed by atoms with van der Waals surface area (Å²) in [5, 5.41) is 3.80. The molecule has 0 atom stereocenters. The lowest BCUT2D eigenvalue weighted by Crippen LogP contribution is -2.44. The molecule has 0 unspecified atom stereocenters. The highest BCUT2D eigenvalue weighted by atomic mass is 35.5. The Morgan fingerprint density at radius 2 is 1.74 bits per heavy atom. The molecule has 0 saturated carbocycles. The van der Waals surface area contributed by atoms with Gasteiger partial charge in [-0.15, -0.1) is 11.3 Å². The normalized spacial score (nSPS) is 16.0. The molecular formula is C23H26Cl2N2O2S2. The number of thiophene rings is 1. The van der Waals surface area contributed by atoms with Crippen molar-refractivity contribution in [3.63, 3.8) is 0 Å². The fourth-order valence-electron chi connectivity index (χ4n) is 4.32. The van der Waals surface area contributed by atoms with Crippen LogP contribution in [-0.2, 0) is 15.6 Å². The van der Waals surface area contributed by atoms with Gasteiger partial charge in [-0.25, -0.2) is 12.7 Å². The molecule has 31 heavy (non-hydrogen) atoms. The minimum atomic E-state index is -3.67. The second-order valence-electron chi connectivity index (χ2n) is 8.59. The number of likely N-dealkylation sites (tertiary alicyclic amines) is 1. The van der Waals surface area contributed by atoms with Crippen LogP contribution in [0.4, 0.5) is 11.4 Å². The average Bonchev–Trinajstić information content (AvgIpc) is 3.14. The first-order chi connectivity index (χ1) is 14.6. The van der Waals surface area contributed by atoms with E-state index in [0.717, 1.165) is 28.7 Å². The summed E-state index contributed by atoms with van der Waals surface area (Å²) in [5.74, 6) is 0. The van der Waals surface area contributed by atoms with Gasteiger partial charge >= 0.3 is 0 Å². The van der Waals surface area contributed by atoms with Crippen molar-refractivity contribution in [2.24, 2.45) is 0 Å². The number of halogens is 2. The predicted molar refractivity (Wildman–Crippen MR) is 134 cm³/mol. The highest BCUT2D eigenvalue weighted by Crippen LogP contribution is 2.41. The van der Waals surface area contributed by atoms with Crippen LogP contribution in [0.2, 0.25) is 10.0 Å². The molecule has 166 valence electrons. The first-order valence-electron chi connectivity index (χ1n) is 10.3. The third-order valence-corrected chi connectivity index (χ3v) is 8.51. The van der Waals surface area contributed by atoms with Gasteiger partial charge in [-0.2, -0.15) is 0 Å². The van der Waals surface area contributed by atoms with Crippen molar-refractivity contribution in [2.45, 2.75) is 38.6 Å². The van der Waals surface area contributed by atoms with Crippen molar-refractivity contribution in [1.29, 1.82) is 0 Å². The number of piperidine rings is 1. The molecule has 0 bridgehead atoms. The number of sulfonamides is 1. The lowest BCUT2D eigenvalue weighted by atomic mass is 9.90. The maximum absolute atomic E-state index is 12.9. The van der Waals surface area contributed by atoms with Crippen molar-refractivity contribution in [3.05, 3.63) is 57.4 Å². The summed E-state index contributed by atoms with van der Waals surface area (Å²) >= 11 is 14.7. The van der Waals surface area contributed by atoms with Gasteiger partial charge in [0.1, 0.15) is 0 Å². The number of hydrogen-bond acceptors (Lipinski definition) is 4. The molecule has 3 aromatic rings. The number of fused-ring (bicyclic) bond motifs is 1. The Hall–Kier alpha value is -1.31. The number of benzene rings is 2. The predicted octanol–water partition coefficient (Wildman–Crippen LogP) is 7.03. The molecule has 1 aliphatic rings. The molecule has 8 heteroatoms. The van der Waals surface area contributed by atoms with E-state index in [9.17, 15) is 8.42 Å². The monoisotopic (exact) mass is 496 g/mol. The molecule has 0 spiro atoms. The lowest BCUT2D eigenvalue weighted by molar-refractivity contribution is 0.0944. The highest BCUT2D eigenvalue weighted by Gasteiger charge is 2.32. The zero-order valence-corrected chi connectivity index (χ0v) is 21.0. The fraction of sp³-hybridized carbons (Fsp3) is 0.391. The fourth-order valence-corrected chi connectivity index (χ4v) is 6.72. The minimum absolute atomic E-state index is 0.273. The van der Waals surface area contributed by atoms with Gasteiger partial charge in [-0.3, -0.25) is 4.90 Å². The maximum atomic E-state index is 12.9. The van der Waals surface area contributed by atoms with Gasteiger partial charge in [-0.05, 0) is 92.5 Å². The van der Waals surface area contributed by atoms with E-state index < -0.39 is 10.0 Å². The summed E-state index contributed by atoms with van der Waals surface area (Å²) in [6.07, 6.45) is 4.78. The Bertz CT molecular complexity index is 1220. The number of anilines is 2. The van der Waals surface area contributed by atoms with Crippen LogP contribution in [0.25, 0.3) is 10.1 Å². The zero-order chi connectivity index (χ0) is 22.4. The first kappa shape index (κ1) is 22.9. The van der Waals surface area contributed by atoms with Crippen LogP contribution in [0.3, 0.4) is 0 Å². The molecule has 4 nitrogen and oxygen atoms in total. The maximum Gasteiger partial charge on any atom is 0.236 e. The molecule has 2 aromatic carbocycles. The van der Waals surface area contributed by atoms with Crippen molar-refractivity contribution in [1.82, 2.24) is 4.90 Å². The largest absolute Gasteiger partial charge is 0.294 e. The lowest BCUT2D eigenvalue weighted by Gasteiger charge is -2.42. The van der Waals surface area contributed by atoms with E-state index in [0.29, 0.717) is 21.4 Å². The van der Waals surface area contributed by atoms with Crippen LogP contribution in [-0.4, -0.2) is 32.7 Å². The molecule has 4 rings (SSSR count). The SMILES string of the molecule is CC(C)(c1cc(Cl)cc(N(c2cc3ccsc3cc2Cl)S(C)(=O)=O)c1)N1CCCCC1. The van der Waals surface area contributed by atoms with Crippen molar-refractivity contribution in [3.8, 4) is 0 Å². The second kappa shape index (κ2) is 8.56. The Balaban J connectivity index is 1.85. The zero-order valence-electron chi connectivity index (χ0n) is 17.9. The van der Waals surface area contributed by atoms with Crippen molar-refractivity contribution >= 4 is 66.0 Å². The third kappa shape index (κ3) is 4.60. The molecule has 1 aromatic heterocycles. The van der Waals surface area contributed by atoms with Crippen LogP contribution < -0.4 is 4.31 Å². The molecule has 2 heterocycles. The van der Waals surface area contributed by atoms with E-state index in [1.54, 1.807) is 17.4 Å². The summed E-state index contributed by atoms with van der Waals surface area (Å²) in [6, 6.07) is 11.2.